The Morgan fingerprint density at radius 2 is 2.00 bits per heavy atom. The second kappa shape index (κ2) is 4.10. The first-order valence-corrected chi connectivity index (χ1v) is 5.87. The van der Waals surface area contributed by atoms with Crippen LogP contribution in [0.2, 0.25) is 0 Å². The van der Waals surface area contributed by atoms with Gasteiger partial charge >= 0.3 is 0 Å². The highest BCUT2D eigenvalue weighted by molar-refractivity contribution is 9.09. The quantitative estimate of drug-likeness (QED) is 0.633. The standard InChI is InChI=1S/C10H19BrO/c1-10(2,3)9-6-4-5-8(7-11)12-9/h8-9H,4-7H2,1-3H3. The number of alkyl halides is 1. The lowest BCUT2D eigenvalue weighted by Crippen LogP contribution is -2.37. The molecule has 0 bridgehead atoms. The van der Waals surface area contributed by atoms with Crippen LogP contribution in [0.25, 0.3) is 0 Å². The first kappa shape index (κ1) is 10.5. The Bertz CT molecular complexity index is 139. The van der Waals surface area contributed by atoms with Gasteiger partial charge in [-0.2, -0.15) is 0 Å². The SMILES string of the molecule is CC(C)(C)C1CCCC(CBr)O1. The molecule has 1 rings (SSSR count). The van der Waals surface area contributed by atoms with Crippen molar-refractivity contribution in [2.24, 2.45) is 5.41 Å². The van der Waals surface area contributed by atoms with Crippen LogP contribution in [-0.2, 0) is 4.74 Å². The van der Waals surface area contributed by atoms with Gasteiger partial charge in [-0.1, -0.05) is 36.7 Å². The summed E-state index contributed by atoms with van der Waals surface area (Å²) in [4.78, 5) is 0. The normalized spacial score (nSPS) is 32.0. The van der Waals surface area contributed by atoms with E-state index in [1.54, 1.807) is 0 Å². The van der Waals surface area contributed by atoms with E-state index in [4.69, 9.17) is 4.74 Å². The lowest BCUT2D eigenvalue weighted by molar-refractivity contribution is -0.0880. The molecule has 0 aromatic carbocycles. The zero-order valence-corrected chi connectivity index (χ0v) is 9.86. The number of ether oxygens (including phenoxy) is 1. The van der Waals surface area contributed by atoms with Gasteiger partial charge in [0.15, 0.2) is 0 Å². The van der Waals surface area contributed by atoms with Crippen LogP contribution >= 0.6 is 15.9 Å². The Balaban J connectivity index is 2.46. The molecule has 72 valence electrons. The highest BCUT2D eigenvalue weighted by atomic mass is 79.9. The molecule has 2 atom stereocenters. The predicted octanol–water partition coefficient (Wildman–Crippen LogP) is 3.37. The summed E-state index contributed by atoms with van der Waals surface area (Å²) in [6, 6.07) is 0. The minimum absolute atomic E-state index is 0.306. The number of rotatable bonds is 1. The minimum atomic E-state index is 0.306. The molecule has 0 amide bonds. The van der Waals surface area contributed by atoms with Crippen LogP contribution < -0.4 is 0 Å². The molecule has 0 aromatic rings. The van der Waals surface area contributed by atoms with E-state index < -0.39 is 0 Å². The van der Waals surface area contributed by atoms with Gasteiger partial charge in [-0.3, -0.25) is 0 Å². The van der Waals surface area contributed by atoms with E-state index in [0.29, 0.717) is 17.6 Å². The van der Waals surface area contributed by atoms with Gasteiger partial charge < -0.3 is 4.74 Å². The van der Waals surface area contributed by atoms with Gasteiger partial charge in [0.25, 0.3) is 0 Å². The summed E-state index contributed by atoms with van der Waals surface area (Å²) in [7, 11) is 0. The van der Waals surface area contributed by atoms with Crippen LogP contribution in [0.4, 0.5) is 0 Å². The van der Waals surface area contributed by atoms with Crippen LogP contribution in [0.5, 0.6) is 0 Å². The van der Waals surface area contributed by atoms with Crippen LogP contribution in [0.3, 0.4) is 0 Å². The maximum atomic E-state index is 5.95. The monoisotopic (exact) mass is 234 g/mol. The molecule has 1 aliphatic rings. The second-order valence-electron chi connectivity index (χ2n) is 4.70. The van der Waals surface area contributed by atoms with Crippen molar-refractivity contribution in [1.82, 2.24) is 0 Å². The maximum Gasteiger partial charge on any atom is 0.0675 e. The van der Waals surface area contributed by atoms with Gasteiger partial charge in [0.2, 0.25) is 0 Å². The maximum absolute atomic E-state index is 5.95. The van der Waals surface area contributed by atoms with Crippen LogP contribution in [0.15, 0.2) is 0 Å². The average molecular weight is 235 g/mol. The van der Waals surface area contributed by atoms with E-state index in [1.165, 1.54) is 19.3 Å². The van der Waals surface area contributed by atoms with Crippen molar-refractivity contribution in [2.75, 3.05) is 5.33 Å². The van der Waals surface area contributed by atoms with Gasteiger partial charge in [0, 0.05) is 5.33 Å². The number of hydrogen-bond acceptors (Lipinski definition) is 1. The predicted molar refractivity (Wildman–Crippen MR) is 55.8 cm³/mol. The second-order valence-corrected chi connectivity index (χ2v) is 5.35. The van der Waals surface area contributed by atoms with Gasteiger partial charge in [-0.15, -0.1) is 0 Å². The first-order valence-electron chi connectivity index (χ1n) is 4.75. The van der Waals surface area contributed by atoms with Crippen LogP contribution in [0.1, 0.15) is 40.0 Å². The third-order valence-corrected chi connectivity index (χ3v) is 3.21. The molecule has 1 aliphatic heterocycles. The summed E-state index contributed by atoms with van der Waals surface area (Å²) < 4.78 is 5.95. The summed E-state index contributed by atoms with van der Waals surface area (Å²) in [6.07, 6.45) is 4.67. The highest BCUT2D eigenvalue weighted by Gasteiger charge is 2.30. The van der Waals surface area contributed by atoms with E-state index in [1.807, 2.05) is 0 Å². The summed E-state index contributed by atoms with van der Waals surface area (Å²) >= 11 is 3.48. The van der Waals surface area contributed by atoms with Gasteiger partial charge in [-0.05, 0) is 24.7 Å². The molecule has 0 spiro atoms. The molecule has 0 aromatic heterocycles. The van der Waals surface area contributed by atoms with E-state index >= 15 is 0 Å². The number of halogens is 1. The summed E-state index contributed by atoms with van der Waals surface area (Å²) in [5.74, 6) is 0. The van der Waals surface area contributed by atoms with E-state index in [0.717, 1.165) is 5.33 Å². The molecule has 1 saturated heterocycles. The van der Waals surface area contributed by atoms with Gasteiger partial charge in [0.05, 0.1) is 12.2 Å². The first-order chi connectivity index (χ1) is 5.54. The lowest BCUT2D eigenvalue weighted by Gasteiger charge is -2.37. The van der Waals surface area contributed by atoms with E-state index in [-0.39, 0.29) is 0 Å². The van der Waals surface area contributed by atoms with Gasteiger partial charge in [0.1, 0.15) is 0 Å². The fourth-order valence-electron chi connectivity index (χ4n) is 1.65. The molecule has 0 saturated carbocycles. The molecule has 1 nitrogen and oxygen atoms in total. The highest BCUT2D eigenvalue weighted by Crippen LogP contribution is 2.32. The molecule has 2 heteroatoms. The van der Waals surface area contributed by atoms with Crippen molar-refractivity contribution >= 4 is 15.9 Å². The fourth-order valence-corrected chi connectivity index (χ4v) is 2.13. The molecule has 0 radical (unpaired) electrons. The summed E-state index contributed by atoms with van der Waals surface area (Å²) in [5.41, 5.74) is 0.306. The van der Waals surface area contributed by atoms with Crippen LogP contribution in [0, 0.1) is 5.41 Å². The molecule has 0 aliphatic carbocycles. The smallest absolute Gasteiger partial charge is 0.0675 e. The summed E-state index contributed by atoms with van der Waals surface area (Å²) in [6.45, 7) is 6.77. The summed E-state index contributed by atoms with van der Waals surface area (Å²) in [5, 5.41) is 0.986. The Labute approximate surface area is 84.0 Å². The van der Waals surface area contributed by atoms with Crippen molar-refractivity contribution in [2.45, 2.75) is 52.2 Å². The Morgan fingerprint density at radius 1 is 1.33 bits per heavy atom. The molecular formula is C10H19BrO. The van der Waals surface area contributed by atoms with Crippen LogP contribution in [-0.4, -0.2) is 17.5 Å². The van der Waals surface area contributed by atoms with E-state index in [9.17, 15) is 0 Å². The Hall–Kier alpha value is 0.440. The zero-order valence-electron chi connectivity index (χ0n) is 8.27. The largest absolute Gasteiger partial charge is 0.374 e. The van der Waals surface area contributed by atoms with Crippen molar-refractivity contribution < 1.29 is 4.74 Å². The van der Waals surface area contributed by atoms with Crippen molar-refractivity contribution in [1.29, 1.82) is 0 Å². The third kappa shape index (κ3) is 2.74. The van der Waals surface area contributed by atoms with Crippen molar-refractivity contribution in [3.8, 4) is 0 Å². The molecular weight excluding hydrogens is 216 g/mol. The van der Waals surface area contributed by atoms with Crippen molar-refractivity contribution in [3.63, 3.8) is 0 Å². The molecule has 2 unspecified atom stereocenters. The fraction of sp³-hybridized carbons (Fsp3) is 1.00. The molecule has 12 heavy (non-hydrogen) atoms. The topological polar surface area (TPSA) is 9.23 Å². The lowest BCUT2D eigenvalue weighted by atomic mass is 9.84. The molecule has 1 heterocycles. The number of hydrogen-bond donors (Lipinski definition) is 0. The van der Waals surface area contributed by atoms with Crippen molar-refractivity contribution in [3.05, 3.63) is 0 Å². The minimum Gasteiger partial charge on any atom is -0.374 e. The molecule has 0 N–H and O–H groups in total. The third-order valence-electron chi connectivity index (χ3n) is 2.49. The Morgan fingerprint density at radius 3 is 2.50 bits per heavy atom. The van der Waals surface area contributed by atoms with E-state index in [2.05, 4.69) is 36.7 Å². The Kier molecular flexibility index (Phi) is 3.59. The zero-order chi connectivity index (χ0) is 9.19. The van der Waals surface area contributed by atoms with Gasteiger partial charge in [-0.25, -0.2) is 0 Å². The molecule has 1 fully saturated rings. The average Bonchev–Trinajstić information content (AvgIpc) is 2.03.